The summed E-state index contributed by atoms with van der Waals surface area (Å²) in [5.41, 5.74) is 0. The predicted octanol–water partition coefficient (Wildman–Crippen LogP) is 2.78. The van der Waals surface area contributed by atoms with E-state index in [-0.39, 0.29) is 24.0 Å². The van der Waals surface area contributed by atoms with Gasteiger partial charge in [-0.05, 0) is 32.7 Å². The molecule has 1 aromatic heterocycles. The molecule has 2 rings (SSSR count). The number of aromatic nitrogens is 2. The van der Waals surface area contributed by atoms with E-state index in [1.807, 2.05) is 0 Å². The standard InChI is InChI=1S/C18H34N6O.HI/c1-14(2)17-22-16(25-23-17)9-11-21-18(19-4)20-10-7-13-24-12-6-5-8-15(24)3;/h14-15H,5-13H2,1-4H3,(H2,19,20,21);1H. The van der Waals surface area contributed by atoms with Gasteiger partial charge in [-0.15, -0.1) is 24.0 Å². The Hall–Kier alpha value is -0.900. The van der Waals surface area contributed by atoms with Crippen LogP contribution in [0.3, 0.4) is 0 Å². The number of hydrogen-bond donors (Lipinski definition) is 2. The molecule has 0 aliphatic carbocycles. The highest BCUT2D eigenvalue weighted by molar-refractivity contribution is 14.0. The van der Waals surface area contributed by atoms with Crippen LogP contribution in [0.2, 0.25) is 0 Å². The van der Waals surface area contributed by atoms with Crippen LogP contribution >= 0.6 is 24.0 Å². The van der Waals surface area contributed by atoms with Crippen molar-refractivity contribution in [3.63, 3.8) is 0 Å². The molecule has 1 unspecified atom stereocenters. The molecule has 1 atom stereocenters. The number of nitrogens with zero attached hydrogens (tertiary/aromatic N) is 4. The summed E-state index contributed by atoms with van der Waals surface area (Å²) in [6.07, 6.45) is 5.89. The molecule has 1 aliphatic heterocycles. The highest BCUT2D eigenvalue weighted by atomic mass is 127. The van der Waals surface area contributed by atoms with Crippen molar-refractivity contribution >= 4 is 29.9 Å². The van der Waals surface area contributed by atoms with Gasteiger partial charge in [-0.2, -0.15) is 4.98 Å². The Labute approximate surface area is 174 Å². The normalized spacial score (nSPS) is 18.7. The van der Waals surface area contributed by atoms with Gasteiger partial charge in [-0.1, -0.05) is 25.4 Å². The van der Waals surface area contributed by atoms with Crippen LogP contribution in [0.15, 0.2) is 9.52 Å². The molecule has 0 radical (unpaired) electrons. The van der Waals surface area contributed by atoms with Crippen molar-refractivity contribution in [1.82, 2.24) is 25.7 Å². The quantitative estimate of drug-likeness (QED) is 0.259. The van der Waals surface area contributed by atoms with Crippen LogP contribution in [-0.2, 0) is 6.42 Å². The average molecular weight is 478 g/mol. The summed E-state index contributed by atoms with van der Waals surface area (Å²) >= 11 is 0. The predicted molar refractivity (Wildman–Crippen MR) is 116 cm³/mol. The van der Waals surface area contributed by atoms with Crippen LogP contribution in [-0.4, -0.2) is 60.3 Å². The monoisotopic (exact) mass is 478 g/mol. The number of piperidine rings is 1. The molecule has 1 aromatic rings. The minimum Gasteiger partial charge on any atom is -0.356 e. The fourth-order valence-electron chi connectivity index (χ4n) is 3.09. The van der Waals surface area contributed by atoms with Crippen LogP contribution in [0.1, 0.15) is 64.1 Å². The van der Waals surface area contributed by atoms with E-state index in [2.05, 4.69) is 51.4 Å². The Bertz CT molecular complexity index is 534. The zero-order chi connectivity index (χ0) is 18.1. The lowest BCUT2D eigenvalue weighted by Gasteiger charge is -2.33. The minimum absolute atomic E-state index is 0. The van der Waals surface area contributed by atoms with Crippen LogP contribution in [0.5, 0.6) is 0 Å². The zero-order valence-corrected chi connectivity index (χ0v) is 19.0. The van der Waals surface area contributed by atoms with E-state index in [1.165, 1.54) is 25.8 Å². The molecule has 0 saturated carbocycles. The van der Waals surface area contributed by atoms with Gasteiger partial charge in [0.05, 0.1) is 0 Å². The fourth-order valence-corrected chi connectivity index (χ4v) is 3.09. The maximum atomic E-state index is 5.25. The van der Waals surface area contributed by atoms with Gasteiger partial charge in [0.2, 0.25) is 5.89 Å². The summed E-state index contributed by atoms with van der Waals surface area (Å²) in [4.78, 5) is 11.2. The van der Waals surface area contributed by atoms with Crippen LogP contribution in [0.4, 0.5) is 0 Å². The molecule has 7 nitrogen and oxygen atoms in total. The molecule has 0 aromatic carbocycles. The van der Waals surface area contributed by atoms with E-state index in [1.54, 1.807) is 7.05 Å². The zero-order valence-electron chi connectivity index (χ0n) is 16.6. The molecule has 2 heterocycles. The second kappa shape index (κ2) is 12.5. The second-order valence-corrected chi connectivity index (χ2v) is 7.11. The lowest BCUT2D eigenvalue weighted by Crippen LogP contribution is -2.41. The van der Waals surface area contributed by atoms with Crippen molar-refractivity contribution in [2.45, 2.75) is 64.8 Å². The summed E-state index contributed by atoms with van der Waals surface area (Å²) in [6.45, 7) is 10.5. The van der Waals surface area contributed by atoms with Crippen LogP contribution in [0.25, 0.3) is 0 Å². The number of aliphatic imine (C=N–C) groups is 1. The molecule has 26 heavy (non-hydrogen) atoms. The van der Waals surface area contributed by atoms with Gasteiger partial charge in [0.15, 0.2) is 11.8 Å². The summed E-state index contributed by atoms with van der Waals surface area (Å²) in [5, 5.41) is 10.7. The maximum absolute atomic E-state index is 5.25. The third-order valence-electron chi connectivity index (χ3n) is 4.71. The van der Waals surface area contributed by atoms with Gasteiger partial charge in [-0.25, -0.2) is 0 Å². The fraction of sp³-hybridized carbons (Fsp3) is 0.833. The molecule has 150 valence electrons. The molecule has 1 fully saturated rings. The molecule has 1 saturated heterocycles. The van der Waals surface area contributed by atoms with Crippen LogP contribution < -0.4 is 10.6 Å². The van der Waals surface area contributed by atoms with Crippen molar-refractivity contribution in [3.05, 3.63) is 11.7 Å². The molecule has 1 aliphatic rings. The van der Waals surface area contributed by atoms with Crippen molar-refractivity contribution in [3.8, 4) is 0 Å². The number of likely N-dealkylation sites (tertiary alicyclic amines) is 1. The van der Waals surface area contributed by atoms with E-state index in [9.17, 15) is 0 Å². The first-order chi connectivity index (χ1) is 12.1. The number of halogens is 1. The van der Waals surface area contributed by atoms with Gasteiger partial charge >= 0.3 is 0 Å². The first kappa shape index (κ1) is 23.1. The average Bonchev–Trinajstić information content (AvgIpc) is 3.07. The third-order valence-corrected chi connectivity index (χ3v) is 4.71. The van der Waals surface area contributed by atoms with E-state index in [4.69, 9.17) is 4.52 Å². The second-order valence-electron chi connectivity index (χ2n) is 7.11. The van der Waals surface area contributed by atoms with Gasteiger partial charge in [0, 0.05) is 45.1 Å². The maximum Gasteiger partial charge on any atom is 0.228 e. The van der Waals surface area contributed by atoms with Crippen molar-refractivity contribution in [2.24, 2.45) is 4.99 Å². The first-order valence-corrected chi connectivity index (χ1v) is 9.61. The summed E-state index contributed by atoms with van der Waals surface area (Å²) < 4.78 is 5.25. The van der Waals surface area contributed by atoms with Gasteiger partial charge in [0.25, 0.3) is 0 Å². The summed E-state index contributed by atoms with van der Waals surface area (Å²) in [7, 11) is 1.80. The van der Waals surface area contributed by atoms with E-state index in [0.717, 1.165) is 43.9 Å². The molecular weight excluding hydrogens is 443 g/mol. The SMILES string of the molecule is CN=C(NCCCN1CCCCC1C)NCCc1nc(C(C)C)no1.I. The van der Waals surface area contributed by atoms with Crippen molar-refractivity contribution in [2.75, 3.05) is 33.2 Å². The third kappa shape index (κ3) is 7.77. The molecule has 0 spiro atoms. The van der Waals surface area contributed by atoms with Crippen molar-refractivity contribution < 1.29 is 4.52 Å². The molecular formula is C18H35IN6O. The van der Waals surface area contributed by atoms with Gasteiger partial charge in [-0.3, -0.25) is 4.99 Å². The lowest BCUT2D eigenvalue weighted by molar-refractivity contribution is 0.159. The molecule has 8 heteroatoms. The summed E-state index contributed by atoms with van der Waals surface area (Å²) in [5.74, 6) is 2.56. The Morgan fingerprint density at radius 1 is 1.31 bits per heavy atom. The van der Waals surface area contributed by atoms with Gasteiger partial charge < -0.3 is 20.1 Å². The largest absolute Gasteiger partial charge is 0.356 e. The molecule has 0 bridgehead atoms. The Morgan fingerprint density at radius 2 is 2.08 bits per heavy atom. The number of hydrogen-bond acceptors (Lipinski definition) is 5. The van der Waals surface area contributed by atoms with E-state index < -0.39 is 0 Å². The Kier molecular flexibility index (Phi) is 11.1. The van der Waals surface area contributed by atoms with Gasteiger partial charge in [0.1, 0.15) is 0 Å². The van der Waals surface area contributed by atoms with E-state index in [0.29, 0.717) is 18.2 Å². The van der Waals surface area contributed by atoms with Crippen LogP contribution in [0, 0.1) is 0 Å². The lowest BCUT2D eigenvalue weighted by atomic mass is 10.0. The number of guanidine groups is 1. The molecule has 2 N–H and O–H groups in total. The topological polar surface area (TPSA) is 78.6 Å². The van der Waals surface area contributed by atoms with E-state index >= 15 is 0 Å². The Balaban J connectivity index is 0.00000338. The smallest absolute Gasteiger partial charge is 0.228 e. The highest BCUT2D eigenvalue weighted by Crippen LogP contribution is 2.16. The Morgan fingerprint density at radius 3 is 2.73 bits per heavy atom. The van der Waals surface area contributed by atoms with Crippen molar-refractivity contribution in [1.29, 1.82) is 0 Å². The highest BCUT2D eigenvalue weighted by Gasteiger charge is 2.17. The molecule has 0 amide bonds. The number of rotatable bonds is 8. The first-order valence-electron chi connectivity index (χ1n) is 9.61. The number of nitrogens with one attached hydrogen (secondary N) is 2. The minimum atomic E-state index is 0. The summed E-state index contributed by atoms with van der Waals surface area (Å²) in [6, 6.07) is 0.733.